The van der Waals surface area contributed by atoms with Gasteiger partial charge in [0.25, 0.3) is 5.91 Å². The number of aryl methyl sites for hydroxylation is 1. The summed E-state index contributed by atoms with van der Waals surface area (Å²) >= 11 is 0. The van der Waals surface area contributed by atoms with E-state index >= 15 is 0 Å². The molecule has 2 rings (SSSR count). The molecule has 1 atom stereocenters. The minimum absolute atomic E-state index is 0.141. The number of benzene rings is 1. The van der Waals surface area contributed by atoms with Crippen LogP contribution in [0, 0.1) is 5.41 Å². The molecule has 0 spiro atoms. The van der Waals surface area contributed by atoms with Crippen LogP contribution in [0.25, 0.3) is 0 Å². The van der Waals surface area contributed by atoms with Crippen molar-refractivity contribution in [2.24, 2.45) is 5.41 Å². The van der Waals surface area contributed by atoms with Gasteiger partial charge < -0.3 is 10.2 Å². The fourth-order valence-corrected chi connectivity index (χ4v) is 2.96. The maximum Gasteiger partial charge on any atom is 0.254 e. The highest BCUT2D eigenvalue weighted by Crippen LogP contribution is 2.23. The van der Waals surface area contributed by atoms with Gasteiger partial charge in [-0.3, -0.25) is 4.79 Å². The lowest BCUT2D eigenvalue weighted by molar-refractivity contribution is 0.0710. The van der Waals surface area contributed by atoms with Gasteiger partial charge in [0.05, 0.1) is 0 Å². The molecule has 0 bridgehead atoms. The molecule has 116 valence electrons. The summed E-state index contributed by atoms with van der Waals surface area (Å²) < 4.78 is 0. The third kappa shape index (κ3) is 3.85. The molecule has 1 aromatic rings. The predicted molar refractivity (Wildman–Crippen MR) is 87.6 cm³/mol. The van der Waals surface area contributed by atoms with E-state index < -0.39 is 0 Å². The van der Waals surface area contributed by atoms with Gasteiger partial charge in [-0.1, -0.05) is 45.9 Å². The zero-order valence-corrected chi connectivity index (χ0v) is 13.8. The molecule has 1 aliphatic rings. The highest BCUT2D eigenvalue weighted by Gasteiger charge is 2.29. The Morgan fingerprint density at radius 1 is 1.29 bits per heavy atom. The quantitative estimate of drug-likeness (QED) is 0.923. The number of hydrogen-bond acceptors (Lipinski definition) is 2. The van der Waals surface area contributed by atoms with Crippen LogP contribution in [0.15, 0.2) is 24.3 Å². The van der Waals surface area contributed by atoms with E-state index in [1.54, 1.807) is 0 Å². The lowest BCUT2D eigenvalue weighted by Gasteiger charge is -2.35. The number of fused-ring (bicyclic) bond motifs is 1. The van der Waals surface area contributed by atoms with Crippen LogP contribution in [-0.4, -0.2) is 36.5 Å². The van der Waals surface area contributed by atoms with Crippen LogP contribution >= 0.6 is 0 Å². The number of nitrogens with zero attached hydrogens (tertiary/aromatic N) is 1. The molecule has 1 aliphatic heterocycles. The molecule has 1 aromatic carbocycles. The van der Waals surface area contributed by atoms with Crippen molar-refractivity contribution in [3.63, 3.8) is 0 Å². The highest BCUT2D eigenvalue weighted by atomic mass is 16.2. The predicted octanol–water partition coefficient (Wildman–Crippen LogP) is 3.10. The van der Waals surface area contributed by atoms with Gasteiger partial charge in [0.1, 0.15) is 0 Å². The molecule has 0 aliphatic carbocycles. The van der Waals surface area contributed by atoms with E-state index in [0.29, 0.717) is 6.04 Å². The standard InChI is InChI=1S/C18H28N2O/c1-5-19-16(18(2,3)4)13-20-12-8-10-14-9-6-7-11-15(14)17(20)21/h6-7,9,11,16,19H,5,8,10,12-13H2,1-4H3. The van der Waals surface area contributed by atoms with Crippen LogP contribution in [0.2, 0.25) is 0 Å². The van der Waals surface area contributed by atoms with E-state index in [0.717, 1.165) is 38.0 Å². The zero-order chi connectivity index (χ0) is 15.5. The van der Waals surface area contributed by atoms with Gasteiger partial charge in [0.2, 0.25) is 0 Å². The average Bonchev–Trinajstić information content (AvgIpc) is 2.58. The number of rotatable bonds is 4. The Labute approximate surface area is 128 Å². The fourth-order valence-electron chi connectivity index (χ4n) is 2.96. The molecule has 1 N–H and O–H groups in total. The normalized spacial score (nSPS) is 17.3. The van der Waals surface area contributed by atoms with Gasteiger partial charge >= 0.3 is 0 Å². The van der Waals surface area contributed by atoms with Crippen LogP contribution in [0.5, 0.6) is 0 Å². The summed E-state index contributed by atoms with van der Waals surface area (Å²) in [5.74, 6) is 0.190. The van der Waals surface area contributed by atoms with Crippen molar-refractivity contribution in [1.82, 2.24) is 10.2 Å². The van der Waals surface area contributed by atoms with E-state index in [9.17, 15) is 4.79 Å². The number of carbonyl (C=O) groups excluding carboxylic acids is 1. The van der Waals surface area contributed by atoms with Gasteiger partial charge in [-0.05, 0) is 36.4 Å². The van der Waals surface area contributed by atoms with E-state index in [1.807, 2.05) is 23.1 Å². The van der Waals surface area contributed by atoms with E-state index in [-0.39, 0.29) is 11.3 Å². The number of carbonyl (C=O) groups is 1. The van der Waals surface area contributed by atoms with Crippen LogP contribution in [0.3, 0.4) is 0 Å². The molecule has 0 saturated heterocycles. The second kappa shape index (κ2) is 6.61. The Hall–Kier alpha value is -1.35. The van der Waals surface area contributed by atoms with Crippen molar-refractivity contribution in [3.05, 3.63) is 35.4 Å². The fraction of sp³-hybridized carbons (Fsp3) is 0.611. The van der Waals surface area contributed by atoms with Crippen LogP contribution in [0.4, 0.5) is 0 Å². The molecule has 3 nitrogen and oxygen atoms in total. The SMILES string of the molecule is CCNC(CN1CCCc2ccccc2C1=O)C(C)(C)C. The molecule has 1 amide bonds. The van der Waals surface area contributed by atoms with Crippen LogP contribution in [-0.2, 0) is 6.42 Å². The number of likely N-dealkylation sites (N-methyl/N-ethyl adjacent to an activating group) is 1. The maximum atomic E-state index is 12.8. The molecule has 0 saturated carbocycles. The summed E-state index contributed by atoms with van der Waals surface area (Å²) in [5, 5.41) is 3.54. The zero-order valence-electron chi connectivity index (χ0n) is 13.8. The van der Waals surface area contributed by atoms with Gasteiger partial charge in [0.15, 0.2) is 0 Å². The first-order chi connectivity index (χ1) is 9.93. The smallest absolute Gasteiger partial charge is 0.254 e. The summed E-state index contributed by atoms with van der Waals surface area (Å²) in [6.07, 6.45) is 2.05. The largest absolute Gasteiger partial charge is 0.337 e. The molecule has 3 heteroatoms. The average molecular weight is 288 g/mol. The summed E-state index contributed by atoms with van der Waals surface area (Å²) in [7, 11) is 0. The molecule has 0 fully saturated rings. The summed E-state index contributed by atoms with van der Waals surface area (Å²) in [6.45, 7) is 11.4. The van der Waals surface area contributed by atoms with E-state index in [1.165, 1.54) is 5.56 Å². The monoisotopic (exact) mass is 288 g/mol. The molecule has 21 heavy (non-hydrogen) atoms. The molecular weight excluding hydrogens is 260 g/mol. The Morgan fingerprint density at radius 3 is 2.67 bits per heavy atom. The molecule has 0 radical (unpaired) electrons. The first-order valence-corrected chi connectivity index (χ1v) is 8.04. The Bertz CT molecular complexity index is 490. The first-order valence-electron chi connectivity index (χ1n) is 8.04. The van der Waals surface area contributed by atoms with Crippen molar-refractivity contribution in [3.8, 4) is 0 Å². The lowest BCUT2D eigenvalue weighted by atomic mass is 9.86. The number of nitrogens with one attached hydrogen (secondary N) is 1. The minimum atomic E-state index is 0.141. The molecule has 1 unspecified atom stereocenters. The minimum Gasteiger partial charge on any atom is -0.337 e. The first kappa shape index (κ1) is 16.0. The lowest BCUT2D eigenvalue weighted by Crippen LogP contribution is -2.50. The van der Waals surface area contributed by atoms with E-state index in [4.69, 9.17) is 0 Å². The van der Waals surface area contributed by atoms with E-state index in [2.05, 4.69) is 39.1 Å². The third-order valence-corrected chi connectivity index (χ3v) is 4.31. The second-order valence-corrected chi connectivity index (χ2v) is 6.99. The summed E-state index contributed by atoms with van der Waals surface area (Å²) in [5.41, 5.74) is 2.22. The Kier molecular flexibility index (Phi) is 5.04. The topological polar surface area (TPSA) is 32.3 Å². The van der Waals surface area contributed by atoms with Crippen LogP contribution in [0.1, 0.15) is 50.0 Å². The van der Waals surface area contributed by atoms with Crippen molar-refractivity contribution < 1.29 is 4.79 Å². The van der Waals surface area contributed by atoms with Crippen LogP contribution < -0.4 is 5.32 Å². The van der Waals surface area contributed by atoms with Crippen molar-refractivity contribution in [1.29, 1.82) is 0 Å². The van der Waals surface area contributed by atoms with Gasteiger partial charge in [0, 0.05) is 24.7 Å². The highest BCUT2D eigenvalue weighted by molar-refractivity contribution is 5.96. The molecule has 0 aromatic heterocycles. The summed E-state index contributed by atoms with van der Waals surface area (Å²) in [4.78, 5) is 14.8. The van der Waals surface area contributed by atoms with Crippen molar-refractivity contribution in [2.45, 2.75) is 46.6 Å². The third-order valence-electron chi connectivity index (χ3n) is 4.31. The van der Waals surface area contributed by atoms with Gasteiger partial charge in [-0.15, -0.1) is 0 Å². The van der Waals surface area contributed by atoms with Crippen molar-refractivity contribution in [2.75, 3.05) is 19.6 Å². The maximum absolute atomic E-state index is 12.8. The Morgan fingerprint density at radius 2 is 2.00 bits per heavy atom. The van der Waals surface area contributed by atoms with Gasteiger partial charge in [-0.25, -0.2) is 0 Å². The van der Waals surface area contributed by atoms with Gasteiger partial charge in [-0.2, -0.15) is 0 Å². The number of amides is 1. The second-order valence-electron chi connectivity index (χ2n) is 6.99. The van der Waals surface area contributed by atoms with Crippen molar-refractivity contribution >= 4 is 5.91 Å². The number of hydrogen-bond donors (Lipinski definition) is 1. The summed E-state index contributed by atoms with van der Waals surface area (Å²) in [6, 6.07) is 8.36. The molecular formula is C18H28N2O. The molecule has 1 heterocycles. The Balaban J connectivity index is 2.18.